The first-order valence-electron chi connectivity index (χ1n) is 6.07. The van der Waals surface area contributed by atoms with Gasteiger partial charge in [0.2, 0.25) is 0 Å². The predicted molar refractivity (Wildman–Crippen MR) is 63.7 cm³/mol. The molecule has 4 nitrogen and oxygen atoms in total. The maximum absolute atomic E-state index is 11.1. The molecule has 94 valence electrons. The minimum atomic E-state index is -0.676. The summed E-state index contributed by atoms with van der Waals surface area (Å²) in [6.45, 7) is 5.65. The maximum atomic E-state index is 11.1. The Kier molecular flexibility index (Phi) is 3.52. The summed E-state index contributed by atoms with van der Waals surface area (Å²) in [5.74, 6) is 0.287. The molecule has 1 aromatic rings. The highest BCUT2D eigenvalue weighted by Crippen LogP contribution is 2.25. The molecule has 1 fully saturated rings. The summed E-state index contributed by atoms with van der Waals surface area (Å²) in [5.41, 5.74) is 0. The normalized spacial score (nSPS) is 27.2. The van der Waals surface area contributed by atoms with Gasteiger partial charge in [-0.1, -0.05) is 6.92 Å². The molecule has 4 heteroatoms. The first-order valence-corrected chi connectivity index (χ1v) is 6.07. The lowest BCUT2D eigenvalue weighted by molar-refractivity contribution is -0.142. The number of furan rings is 1. The van der Waals surface area contributed by atoms with E-state index in [4.69, 9.17) is 9.52 Å². The van der Waals surface area contributed by atoms with Gasteiger partial charge in [-0.15, -0.1) is 0 Å². The molecular weight excluding hydrogens is 218 g/mol. The van der Waals surface area contributed by atoms with Gasteiger partial charge in [-0.3, -0.25) is 9.69 Å². The number of hydrogen-bond acceptors (Lipinski definition) is 3. The van der Waals surface area contributed by atoms with Crippen molar-refractivity contribution in [2.24, 2.45) is 11.8 Å². The molecule has 17 heavy (non-hydrogen) atoms. The fourth-order valence-electron chi connectivity index (χ4n) is 2.53. The van der Waals surface area contributed by atoms with Crippen LogP contribution in [0.25, 0.3) is 0 Å². The smallest absolute Gasteiger partial charge is 0.308 e. The lowest BCUT2D eigenvalue weighted by atomic mass is 9.99. The molecule has 0 amide bonds. The van der Waals surface area contributed by atoms with Gasteiger partial charge in [-0.05, 0) is 25.0 Å². The van der Waals surface area contributed by atoms with E-state index in [1.165, 1.54) is 0 Å². The van der Waals surface area contributed by atoms with E-state index in [9.17, 15) is 4.79 Å². The Morgan fingerprint density at radius 1 is 1.65 bits per heavy atom. The van der Waals surface area contributed by atoms with Gasteiger partial charge in [-0.2, -0.15) is 0 Å². The number of likely N-dealkylation sites (tertiary alicyclic amines) is 1. The molecule has 0 bridgehead atoms. The topological polar surface area (TPSA) is 53.7 Å². The quantitative estimate of drug-likeness (QED) is 0.868. The molecule has 3 atom stereocenters. The molecule has 1 aliphatic heterocycles. The average molecular weight is 237 g/mol. The largest absolute Gasteiger partial charge is 0.481 e. The molecule has 1 N–H and O–H groups in total. The van der Waals surface area contributed by atoms with Crippen molar-refractivity contribution in [2.45, 2.75) is 26.3 Å². The third-order valence-electron chi connectivity index (χ3n) is 3.66. The van der Waals surface area contributed by atoms with Crippen LogP contribution >= 0.6 is 0 Å². The maximum Gasteiger partial charge on any atom is 0.308 e. The predicted octanol–water partition coefficient (Wildman–Crippen LogP) is 1.86. The van der Waals surface area contributed by atoms with Gasteiger partial charge in [0.1, 0.15) is 5.76 Å². The summed E-state index contributed by atoms with van der Waals surface area (Å²) in [6.07, 6.45) is 2.51. The monoisotopic (exact) mass is 237 g/mol. The number of carboxylic acids is 1. The zero-order chi connectivity index (χ0) is 12.4. The number of nitrogens with zero attached hydrogens (tertiary/aromatic N) is 1. The van der Waals surface area contributed by atoms with Crippen molar-refractivity contribution in [1.29, 1.82) is 0 Å². The molecule has 3 unspecified atom stereocenters. The van der Waals surface area contributed by atoms with Crippen LogP contribution in [0, 0.1) is 11.8 Å². The van der Waals surface area contributed by atoms with Crippen LogP contribution < -0.4 is 0 Å². The molecular formula is C13H19NO3. The van der Waals surface area contributed by atoms with Crippen molar-refractivity contribution in [2.75, 3.05) is 13.1 Å². The Bertz CT molecular complexity index is 374. The number of aliphatic carboxylic acids is 1. The van der Waals surface area contributed by atoms with Crippen LogP contribution in [0.2, 0.25) is 0 Å². The second-order valence-electron chi connectivity index (χ2n) is 5.01. The third-order valence-corrected chi connectivity index (χ3v) is 3.66. The first kappa shape index (κ1) is 12.2. The number of rotatable bonds is 4. The highest BCUT2D eigenvalue weighted by atomic mass is 16.4. The van der Waals surface area contributed by atoms with Gasteiger partial charge in [-0.25, -0.2) is 0 Å². The zero-order valence-corrected chi connectivity index (χ0v) is 10.3. The van der Waals surface area contributed by atoms with E-state index in [1.807, 2.05) is 19.1 Å². The van der Waals surface area contributed by atoms with Gasteiger partial charge in [0.15, 0.2) is 0 Å². The Hall–Kier alpha value is -1.29. The van der Waals surface area contributed by atoms with Gasteiger partial charge in [0, 0.05) is 25.6 Å². The summed E-state index contributed by atoms with van der Waals surface area (Å²) >= 11 is 0. The Balaban J connectivity index is 1.93. The Labute approximate surface area is 101 Å². The van der Waals surface area contributed by atoms with Crippen molar-refractivity contribution in [1.82, 2.24) is 4.90 Å². The van der Waals surface area contributed by atoms with Crippen molar-refractivity contribution in [3.63, 3.8) is 0 Å². The standard InChI is InChI=1S/C13H19NO3/c1-9-7-14(8-12(9)13(15)16)10(2)6-11-4-3-5-17-11/h3-5,9-10,12H,6-8H2,1-2H3,(H,15,16). The van der Waals surface area contributed by atoms with Crippen molar-refractivity contribution in [3.8, 4) is 0 Å². The fourth-order valence-corrected chi connectivity index (χ4v) is 2.53. The van der Waals surface area contributed by atoms with E-state index < -0.39 is 5.97 Å². The Morgan fingerprint density at radius 2 is 2.41 bits per heavy atom. The molecule has 1 aromatic heterocycles. The van der Waals surface area contributed by atoms with Crippen LogP contribution in [0.5, 0.6) is 0 Å². The Morgan fingerprint density at radius 3 is 2.94 bits per heavy atom. The van der Waals surface area contributed by atoms with Crippen LogP contribution in [-0.4, -0.2) is 35.1 Å². The number of carboxylic acid groups (broad SMARTS) is 1. The van der Waals surface area contributed by atoms with E-state index in [0.29, 0.717) is 12.6 Å². The van der Waals surface area contributed by atoms with Gasteiger partial charge in [0.25, 0.3) is 0 Å². The summed E-state index contributed by atoms with van der Waals surface area (Å²) in [6, 6.07) is 4.17. The van der Waals surface area contributed by atoms with Crippen LogP contribution in [0.15, 0.2) is 22.8 Å². The molecule has 0 radical (unpaired) electrons. The second-order valence-corrected chi connectivity index (χ2v) is 5.01. The summed E-state index contributed by atoms with van der Waals surface area (Å²) in [5, 5.41) is 9.09. The summed E-state index contributed by atoms with van der Waals surface area (Å²) in [4.78, 5) is 13.3. The molecule has 2 rings (SSSR count). The lowest BCUT2D eigenvalue weighted by Crippen LogP contribution is -2.33. The first-order chi connectivity index (χ1) is 8.08. The summed E-state index contributed by atoms with van der Waals surface area (Å²) < 4.78 is 5.32. The van der Waals surface area contributed by atoms with Crippen LogP contribution in [0.1, 0.15) is 19.6 Å². The van der Waals surface area contributed by atoms with Gasteiger partial charge < -0.3 is 9.52 Å². The van der Waals surface area contributed by atoms with Crippen LogP contribution in [0.3, 0.4) is 0 Å². The molecule has 0 saturated carbocycles. The lowest BCUT2D eigenvalue weighted by Gasteiger charge is -2.23. The van der Waals surface area contributed by atoms with E-state index >= 15 is 0 Å². The minimum Gasteiger partial charge on any atom is -0.481 e. The van der Waals surface area contributed by atoms with E-state index in [0.717, 1.165) is 18.7 Å². The van der Waals surface area contributed by atoms with Gasteiger partial charge >= 0.3 is 5.97 Å². The highest BCUT2D eigenvalue weighted by molar-refractivity contribution is 5.71. The second kappa shape index (κ2) is 4.92. The van der Waals surface area contributed by atoms with Crippen LogP contribution in [0.4, 0.5) is 0 Å². The molecule has 2 heterocycles. The molecule has 0 aromatic carbocycles. The SMILES string of the molecule is CC1CN(C(C)Cc2ccco2)CC1C(=O)O. The average Bonchev–Trinajstić information content (AvgIpc) is 2.86. The van der Waals surface area contributed by atoms with Crippen LogP contribution in [-0.2, 0) is 11.2 Å². The third kappa shape index (κ3) is 2.69. The molecule has 0 aliphatic carbocycles. The zero-order valence-electron chi connectivity index (χ0n) is 10.3. The molecule has 1 aliphatic rings. The van der Waals surface area contributed by atoms with Crippen molar-refractivity contribution < 1.29 is 14.3 Å². The molecule has 0 spiro atoms. The molecule has 1 saturated heterocycles. The van der Waals surface area contributed by atoms with E-state index in [1.54, 1.807) is 6.26 Å². The van der Waals surface area contributed by atoms with Crippen molar-refractivity contribution >= 4 is 5.97 Å². The minimum absolute atomic E-state index is 0.228. The van der Waals surface area contributed by atoms with E-state index in [-0.39, 0.29) is 11.8 Å². The fraction of sp³-hybridized carbons (Fsp3) is 0.615. The van der Waals surface area contributed by atoms with Crippen molar-refractivity contribution in [3.05, 3.63) is 24.2 Å². The number of carbonyl (C=O) groups is 1. The van der Waals surface area contributed by atoms with Gasteiger partial charge in [0.05, 0.1) is 12.2 Å². The summed E-state index contributed by atoms with van der Waals surface area (Å²) in [7, 11) is 0. The number of hydrogen-bond donors (Lipinski definition) is 1. The van der Waals surface area contributed by atoms with E-state index in [2.05, 4.69) is 11.8 Å². The highest BCUT2D eigenvalue weighted by Gasteiger charge is 2.36.